The molecule has 0 aromatic carbocycles. The van der Waals surface area contributed by atoms with Crippen LogP contribution in [0.1, 0.15) is 119 Å². The number of hydrogen-bond donors (Lipinski definition) is 0. The van der Waals surface area contributed by atoms with Crippen LogP contribution >= 0.6 is 0 Å². The molecule has 5 nitrogen and oxygen atoms in total. The summed E-state index contributed by atoms with van der Waals surface area (Å²) < 4.78 is 57.7. The third-order valence-electron chi connectivity index (χ3n) is 8.07. The van der Waals surface area contributed by atoms with E-state index in [4.69, 9.17) is 3.63 Å². The van der Waals surface area contributed by atoms with Gasteiger partial charge in [0.1, 0.15) is 9.49 Å². The molecule has 0 fully saturated rings. The minimum absolute atomic E-state index is 0.250. The molecular formula is C30H50O5S2. The maximum atomic E-state index is 13.8. The highest BCUT2D eigenvalue weighted by Crippen LogP contribution is 2.44. The summed E-state index contributed by atoms with van der Waals surface area (Å²) in [5.41, 5.74) is -0.499. The van der Waals surface area contributed by atoms with Crippen molar-refractivity contribution in [3.05, 3.63) is 48.6 Å². The van der Waals surface area contributed by atoms with E-state index < -0.39 is 29.7 Å². The predicted octanol–water partition coefficient (Wildman–Crippen LogP) is 8.17. The van der Waals surface area contributed by atoms with Crippen molar-refractivity contribution < 1.29 is 20.5 Å². The van der Waals surface area contributed by atoms with Crippen LogP contribution in [0, 0.1) is 10.8 Å². The first kappa shape index (κ1) is 32.0. The highest BCUT2D eigenvalue weighted by molar-refractivity contribution is 8.01. The molecule has 0 atom stereocenters. The topological polar surface area (TPSA) is 77.5 Å². The molecule has 0 bridgehead atoms. The minimum Gasteiger partial charge on any atom is -0.197 e. The van der Waals surface area contributed by atoms with Crippen molar-refractivity contribution in [1.29, 1.82) is 0 Å². The molecule has 212 valence electrons. The molecule has 0 spiro atoms. The summed E-state index contributed by atoms with van der Waals surface area (Å²) in [6.07, 6.45) is 23.8. The van der Waals surface area contributed by atoms with E-state index in [0.29, 0.717) is 12.8 Å². The Morgan fingerprint density at radius 1 is 0.486 bits per heavy atom. The maximum Gasteiger partial charge on any atom is 0.294 e. The molecule has 0 saturated heterocycles. The van der Waals surface area contributed by atoms with E-state index in [2.05, 4.69) is 27.7 Å². The quantitative estimate of drug-likeness (QED) is 0.180. The normalized spacial score (nSPS) is 31.7. The third kappa shape index (κ3) is 7.48. The second kappa shape index (κ2) is 12.8. The fraction of sp³-hybridized carbons (Fsp3) is 0.733. The highest BCUT2D eigenvalue weighted by Gasteiger charge is 2.51. The number of allylic oxidation sites excluding steroid dienone is 4. The summed E-state index contributed by atoms with van der Waals surface area (Å²) in [6, 6.07) is 0. The molecule has 0 amide bonds. The molecule has 0 saturated carbocycles. The molecule has 2 aliphatic rings. The lowest BCUT2D eigenvalue weighted by Gasteiger charge is -2.37. The van der Waals surface area contributed by atoms with Crippen molar-refractivity contribution in [2.75, 3.05) is 0 Å². The van der Waals surface area contributed by atoms with E-state index in [1.165, 1.54) is 0 Å². The number of hydrogen-bond acceptors (Lipinski definition) is 5. The Kier molecular flexibility index (Phi) is 11.1. The summed E-state index contributed by atoms with van der Waals surface area (Å²) in [6.45, 7) is 12.4. The molecule has 2 aliphatic carbocycles. The van der Waals surface area contributed by atoms with Gasteiger partial charge < -0.3 is 0 Å². The van der Waals surface area contributed by atoms with Gasteiger partial charge in [0.2, 0.25) is 0 Å². The lowest BCUT2D eigenvalue weighted by atomic mass is 9.78. The predicted molar refractivity (Wildman–Crippen MR) is 155 cm³/mol. The SMILES string of the molecule is CCCCC1(C)C=CC(CCCC)(S(=O)(=O)OS(=O)(=O)C2(CCCC)C=CC(C)(CCCC)C=C2)C=C1. The molecule has 0 aromatic heterocycles. The zero-order valence-electron chi connectivity index (χ0n) is 24.0. The van der Waals surface area contributed by atoms with E-state index in [9.17, 15) is 16.8 Å². The van der Waals surface area contributed by atoms with Crippen molar-refractivity contribution in [2.24, 2.45) is 10.8 Å². The van der Waals surface area contributed by atoms with Crippen molar-refractivity contribution in [1.82, 2.24) is 0 Å². The van der Waals surface area contributed by atoms with Crippen molar-refractivity contribution in [3.63, 3.8) is 0 Å². The van der Waals surface area contributed by atoms with Crippen LogP contribution in [-0.2, 0) is 23.9 Å². The molecule has 7 heteroatoms. The monoisotopic (exact) mass is 554 g/mol. The molecule has 2 rings (SSSR count). The Balaban J connectivity index is 2.45. The highest BCUT2D eigenvalue weighted by atomic mass is 32.3. The maximum absolute atomic E-state index is 13.8. The van der Waals surface area contributed by atoms with Crippen LogP contribution in [0.3, 0.4) is 0 Å². The Morgan fingerprint density at radius 2 is 0.757 bits per heavy atom. The van der Waals surface area contributed by atoms with Gasteiger partial charge in [-0.25, -0.2) is 0 Å². The van der Waals surface area contributed by atoms with Crippen molar-refractivity contribution >= 4 is 20.2 Å². The minimum atomic E-state index is -4.53. The van der Waals surface area contributed by atoms with Crippen LogP contribution in [0.2, 0.25) is 0 Å². The van der Waals surface area contributed by atoms with Crippen LogP contribution in [0.15, 0.2) is 48.6 Å². The zero-order valence-corrected chi connectivity index (χ0v) is 25.6. The lowest BCUT2D eigenvalue weighted by molar-refractivity contribution is 0.413. The summed E-state index contributed by atoms with van der Waals surface area (Å²) in [4.78, 5) is 0. The van der Waals surface area contributed by atoms with Gasteiger partial charge in [-0.3, -0.25) is 0 Å². The van der Waals surface area contributed by atoms with Gasteiger partial charge in [0.15, 0.2) is 0 Å². The molecule has 0 aliphatic heterocycles. The van der Waals surface area contributed by atoms with Crippen molar-refractivity contribution in [3.8, 4) is 0 Å². The summed E-state index contributed by atoms with van der Waals surface area (Å²) in [7, 11) is -9.06. The Labute approximate surface area is 227 Å². The molecule has 37 heavy (non-hydrogen) atoms. The fourth-order valence-electron chi connectivity index (χ4n) is 5.06. The van der Waals surface area contributed by atoms with E-state index in [1.54, 1.807) is 24.3 Å². The Hall–Kier alpha value is -1.18. The van der Waals surface area contributed by atoms with Crippen LogP contribution in [0.4, 0.5) is 0 Å². The van der Waals surface area contributed by atoms with Gasteiger partial charge in [0.05, 0.1) is 0 Å². The van der Waals surface area contributed by atoms with E-state index in [0.717, 1.165) is 51.4 Å². The average molecular weight is 555 g/mol. The first-order chi connectivity index (χ1) is 17.3. The average Bonchev–Trinajstić information content (AvgIpc) is 2.85. The molecule has 0 unspecified atom stereocenters. The molecule has 0 aromatic rings. The smallest absolute Gasteiger partial charge is 0.197 e. The van der Waals surface area contributed by atoms with Gasteiger partial charge in [-0.05, 0) is 25.7 Å². The second-order valence-electron chi connectivity index (χ2n) is 11.6. The summed E-state index contributed by atoms with van der Waals surface area (Å²) in [5.74, 6) is 0. The molecule has 0 heterocycles. The van der Waals surface area contributed by atoms with Crippen LogP contribution in [0.25, 0.3) is 0 Å². The first-order valence-corrected chi connectivity index (χ1v) is 17.1. The first-order valence-electron chi connectivity index (χ1n) is 14.3. The van der Waals surface area contributed by atoms with Crippen LogP contribution in [-0.4, -0.2) is 26.3 Å². The number of unbranched alkanes of at least 4 members (excludes halogenated alkanes) is 4. The van der Waals surface area contributed by atoms with E-state index in [-0.39, 0.29) is 23.7 Å². The lowest BCUT2D eigenvalue weighted by Crippen LogP contribution is -2.45. The fourth-order valence-corrected chi connectivity index (χ4v) is 8.75. The third-order valence-corrected chi connectivity index (χ3v) is 12.3. The zero-order chi connectivity index (χ0) is 27.8. The Bertz CT molecular complexity index is 963. The van der Waals surface area contributed by atoms with Crippen LogP contribution < -0.4 is 0 Å². The second-order valence-corrected chi connectivity index (χ2v) is 15.5. The van der Waals surface area contributed by atoms with Gasteiger partial charge in [-0.2, -0.15) is 16.8 Å². The largest absolute Gasteiger partial charge is 0.294 e. The van der Waals surface area contributed by atoms with E-state index in [1.807, 2.05) is 38.2 Å². The van der Waals surface area contributed by atoms with Gasteiger partial charge in [-0.1, -0.05) is 142 Å². The van der Waals surface area contributed by atoms with Gasteiger partial charge in [-0.15, -0.1) is 3.63 Å². The summed E-state index contributed by atoms with van der Waals surface area (Å²) >= 11 is 0. The van der Waals surface area contributed by atoms with Gasteiger partial charge in [0.25, 0.3) is 20.2 Å². The molecular weight excluding hydrogens is 504 g/mol. The molecule has 0 N–H and O–H groups in total. The summed E-state index contributed by atoms with van der Waals surface area (Å²) in [5, 5.41) is 0. The standard InChI is InChI=1S/C30H50O5S2/c1-7-11-15-27(5)19-23-29(24-20-27,17-13-9-3)36(31,32)35-37(33,34)30(18-14-10-4)25-21-28(6,22-26-30)16-12-8-2/h19-26H,7-18H2,1-6H3. The van der Waals surface area contributed by atoms with Crippen LogP contribution in [0.5, 0.6) is 0 Å². The van der Waals surface area contributed by atoms with E-state index >= 15 is 0 Å². The number of rotatable bonds is 16. The Morgan fingerprint density at radius 3 is 1.03 bits per heavy atom. The van der Waals surface area contributed by atoms with Gasteiger partial charge >= 0.3 is 0 Å². The van der Waals surface area contributed by atoms with Gasteiger partial charge in [0, 0.05) is 10.8 Å². The molecule has 0 radical (unpaired) electrons. The van der Waals surface area contributed by atoms with Crippen molar-refractivity contribution in [2.45, 2.75) is 128 Å².